The summed E-state index contributed by atoms with van der Waals surface area (Å²) in [6.45, 7) is 8.67. The highest BCUT2D eigenvalue weighted by molar-refractivity contribution is 7.89. The van der Waals surface area contributed by atoms with Gasteiger partial charge in [-0.25, -0.2) is 8.42 Å². The van der Waals surface area contributed by atoms with Crippen LogP contribution in [0.2, 0.25) is 0 Å². The van der Waals surface area contributed by atoms with Crippen LogP contribution in [-0.4, -0.2) is 30.5 Å². The number of aryl methyl sites for hydroxylation is 4. The maximum absolute atomic E-state index is 13.0. The maximum atomic E-state index is 13.0. The monoisotopic (exact) mass is 428 g/mol. The standard InChI is InChI=1S/C21H24N4O4S/c1-12-6-9-18(14(3)10-12)23-21(26)15(4)25-30(27,28)19-11-17(8-7-13(19)2)20-22-16(5)29-24-20/h6-11,15,25H,1-5H3,(H,23,26). The van der Waals surface area contributed by atoms with E-state index >= 15 is 0 Å². The van der Waals surface area contributed by atoms with E-state index in [9.17, 15) is 13.2 Å². The molecule has 1 heterocycles. The molecular formula is C21H24N4O4S. The summed E-state index contributed by atoms with van der Waals surface area (Å²) in [5.41, 5.74) is 3.66. The molecule has 0 saturated heterocycles. The van der Waals surface area contributed by atoms with E-state index in [2.05, 4.69) is 20.2 Å². The van der Waals surface area contributed by atoms with E-state index in [0.29, 0.717) is 28.5 Å². The molecule has 8 nitrogen and oxygen atoms in total. The molecule has 158 valence electrons. The highest BCUT2D eigenvalue weighted by Crippen LogP contribution is 2.24. The van der Waals surface area contributed by atoms with Crippen molar-refractivity contribution in [1.82, 2.24) is 14.9 Å². The first kappa shape index (κ1) is 21.7. The third-order valence-corrected chi connectivity index (χ3v) is 6.31. The van der Waals surface area contributed by atoms with Crippen molar-refractivity contribution in [3.8, 4) is 11.4 Å². The molecule has 1 unspecified atom stereocenters. The molecule has 3 rings (SSSR count). The van der Waals surface area contributed by atoms with E-state index < -0.39 is 22.0 Å². The van der Waals surface area contributed by atoms with Crippen molar-refractivity contribution in [2.45, 2.75) is 45.6 Å². The summed E-state index contributed by atoms with van der Waals surface area (Å²) in [6.07, 6.45) is 0. The molecule has 0 aliphatic heterocycles. The number of amides is 1. The number of benzene rings is 2. The largest absolute Gasteiger partial charge is 0.339 e. The van der Waals surface area contributed by atoms with Gasteiger partial charge >= 0.3 is 0 Å². The Morgan fingerprint density at radius 2 is 1.77 bits per heavy atom. The molecule has 9 heteroatoms. The minimum Gasteiger partial charge on any atom is -0.339 e. The number of anilines is 1. The van der Waals surface area contributed by atoms with Crippen LogP contribution in [-0.2, 0) is 14.8 Å². The Bertz CT molecular complexity index is 1200. The van der Waals surface area contributed by atoms with E-state index in [-0.39, 0.29) is 4.90 Å². The minimum absolute atomic E-state index is 0.0496. The molecule has 0 bridgehead atoms. The Kier molecular flexibility index (Phi) is 6.04. The van der Waals surface area contributed by atoms with Crippen LogP contribution in [0.15, 0.2) is 45.8 Å². The predicted octanol–water partition coefficient (Wildman–Crippen LogP) is 3.28. The van der Waals surface area contributed by atoms with Gasteiger partial charge in [0.1, 0.15) is 0 Å². The van der Waals surface area contributed by atoms with Crippen LogP contribution in [0, 0.1) is 27.7 Å². The van der Waals surface area contributed by atoms with Crippen molar-refractivity contribution in [2.75, 3.05) is 5.32 Å². The van der Waals surface area contributed by atoms with Crippen LogP contribution in [0.5, 0.6) is 0 Å². The van der Waals surface area contributed by atoms with Gasteiger partial charge in [0, 0.05) is 18.2 Å². The molecular weight excluding hydrogens is 404 g/mol. The number of aromatic nitrogens is 2. The fourth-order valence-corrected chi connectivity index (χ4v) is 4.46. The number of nitrogens with one attached hydrogen (secondary N) is 2. The zero-order chi connectivity index (χ0) is 22.1. The van der Waals surface area contributed by atoms with Gasteiger partial charge < -0.3 is 9.84 Å². The van der Waals surface area contributed by atoms with Crippen molar-refractivity contribution in [1.29, 1.82) is 0 Å². The van der Waals surface area contributed by atoms with Gasteiger partial charge in [-0.1, -0.05) is 35.0 Å². The van der Waals surface area contributed by atoms with Crippen LogP contribution in [0.1, 0.15) is 29.5 Å². The lowest BCUT2D eigenvalue weighted by Gasteiger charge is -2.17. The second kappa shape index (κ2) is 8.37. The summed E-state index contributed by atoms with van der Waals surface area (Å²) in [4.78, 5) is 16.7. The lowest BCUT2D eigenvalue weighted by Crippen LogP contribution is -2.41. The summed E-state index contributed by atoms with van der Waals surface area (Å²) in [5.74, 6) is 0.225. The summed E-state index contributed by atoms with van der Waals surface area (Å²) in [6, 6.07) is 9.49. The smallest absolute Gasteiger partial charge is 0.242 e. The summed E-state index contributed by atoms with van der Waals surface area (Å²) in [5, 5.41) is 6.59. The van der Waals surface area contributed by atoms with Crippen molar-refractivity contribution in [3.05, 3.63) is 59.0 Å². The number of rotatable bonds is 6. The van der Waals surface area contributed by atoms with E-state index in [1.807, 2.05) is 26.0 Å². The number of carbonyl (C=O) groups excluding carboxylic acids is 1. The molecule has 0 aliphatic rings. The fourth-order valence-electron chi connectivity index (χ4n) is 2.99. The predicted molar refractivity (Wildman–Crippen MR) is 114 cm³/mol. The maximum Gasteiger partial charge on any atom is 0.242 e. The van der Waals surface area contributed by atoms with Gasteiger partial charge in [0.25, 0.3) is 0 Å². The molecule has 0 spiro atoms. The average molecular weight is 429 g/mol. The summed E-state index contributed by atoms with van der Waals surface area (Å²) in [7, 11) is -3.97. The van der Waals surface area contributed by atoms with Crippen molar-refractivity contribution >= 4 is 21.6 Å². The van der Waals surface area contributed by atoms with Crippen molar-refractivity contribution < 1.29 is 17.7 Å². The third-order valence-electron chi connectivity index (χ3n) is 4.63. The molecule has 1 atom stereocenters. The molecule has 2 N–H and O–H groups in total. The Balaban J connectivity index is 1.80. The Morgan fingerprint density at radius 1 is 1.03 bits per heavy atom. The normalized spacial score (nSPS) is 12.6. The first-order valence-electron chi connectivity index (χ1n) is 9.38. The van der Waals surface area contributed by atoms with Gasteiger partial charge in [-0.2, -0.15) is 9.71 Å². The molecule has 0 aliphatic carbocycles. The first-order chi connectivity index (χ1) is 14.1. The van der Waals surface area contributed by atoms with Crippen molar-refractivity contribution in [3.63, 3.8) is 0 Å². The Morgan fingerprint density at radius 3 is 2.40 bits per heavy atom. The highest BCUT2D eigenvalue weighted by atomic mass is 32.2. The van der Waals surface area contributed by atoms with Crippen LogP contribution in [0.3, 0.4) is 0 Å². The van der Waals surface area contributed by atoms with Gasteiger partial charge in [0.2, 0.25) is 27.6 Å². The SMILES string of the molecule is Cc1ccc(NC(=O)C(C)NS(=O)(=O)c2cc(-c3noc(C)n3)ccc2C)c(C)c1. The second-order valence-corrected chi connectivity index (χ2v) is 8.95. The van der Waals surface area contributed by atoms with Gasteiger partial charge in [-0.15, -0.1) is 0 Å². The lowest BCUT2D eigenvalue weighted by molar-refractivity contribution is -0.117. The molecule has 1 aromatic heterocycles. The number of hydrogen-bond acceptors (Lipinski definition) is 6. The molecule has 3 aromatic rings. The van der Waals surface area contributed by atoms with E-state index in [1.165, 1.54) is 13.0 Å². The van der Waals surface area contributed by atoms with Crippen LogP contribution >= 0.6 is 0 Å². The number of nitrogens with zero attached hydrogens (tertiary/aromatic N) is 2. The quantitative estimate of drug-likeness (QED) is 0.623. The topological polar surface area (TPSA) is 114 Å². The van der Waals surface area contributed by atoms with E-state index in [0.717, 1.165) is 11.1 Å². The average Bonchev–Trinajstić information content (AvgIpc) is 3.10. The first-order valence-corrected chi connectivity index (χ1v) is 10.9. The highest BCUT2D eigenvalue weighted by Gasteiger charge is 2.25. The number of sulfonamides is 1. The molecule has 1 amide bonds. The Labute approximate surface area is 175 Å². The van der Waals surface area contributed by atoms with E-state index in [1.54, 1.807) is 32.0 Å². The van der Waals surface area contributed by atoms with Gasteiger partial charge in [-0.3, -0.25) is 4.79 Å². The minimum atomic E-state index is -3.97. The molecule has 0 radical (unpaired) electrons. The molecule has 0 fully saturated rings. The third kappa shape index (κ3) is 4.74. The van der Waals surface area contributed by atoms with Crippen LogP contribution in [0.4, 0.5) is 5.69 Å². The molecule has 2 aromatic carbocycles. The molecule has 30 heavy (non-hydrogen) atoms. The number of hydrogen-bond donors (Lipinski definition) is 2. The van der Waals surface area contributed by atoms with Crippen molar-refractivity contribution in [2.24, 2.45) is 0 Å². The fraction of sp³-hybridized carbons (Fsp3) is 0.286. The molecule has 0 saturated carbocycles. The van der Waals surface area contributed by atoms with Gasteiger partial charge in [0.15, 0.2) is 0 Å². The second-order valence-electron chi connectivity index (χ2n) is 7.27. The summed E-state index contributed by atoms with van der Waals surface area (Å²) < 4.78 is 33.3. The summed E-state index contributed by atoms with van der Waals surface area (Å²) >= 11 is 0. The number of carbonyl (C=O) groups is 1. The Hall–Kier alpha value is -3.04. The van der Waals surface area contributed by atoms with Gasteiger partial charge in [0.05, 0.1) is 10.9 Å². The van der Waals surface area contributed by atoms with Crippen LogP contribution in [0.25, 0.3) is 11.4 Å². The lowest BCUT2D eigenvalue weighted by atomic mass is 10.1. The van der Waals surface area contributed by atoms with Crippen LogP contribution < -0.4 is 10.0 Å². The zero-order valence-electron chi connectivity index (χ0n) is 17.5. The zero-order valence-corrected chi connectivity index (χ0v) is 18.3. The van der Waals surface area contributed by atoms with E-state index in [4.69, 9.17) is 4.52 Å². The van der Waals surface area contributed by atoms with Gasteiger partial charge in [-0.05, 0) is 51.0 Å².